The Morgan fingerprint density at radius 3 is 2.94 bits per heavy atom. The van der Waals surface area contributed by atoms with Gasteiger partial charge in [-0.2, -0.15) is 0 Å². The molecule has 0 radical (unpaired) electrons. The Bertz CT molecular complexity index is 379. The van der Waals surface area contributed by atoms with Gasteiger partial charge in [0.25, 0.3) is 0 Å². The van der Waals surface area contributed by atoms with Gasteiger partial charge in [0, 0.05) is 20.2 Å². The number of nitrogens with one attached hydrogen (secondary N) is 1. The largest absolute Gasteiger partial charge is 0.364 e. The van der Waals surface area contributed by atoms with E-state index in [0.717, 1.165) is 13.0 Å². The van der Waals surface area contributed by atoms with E-state index in [1.54, 1.807) is 12.0 Å². The van der Waals surface area contributed by atoms with Crippen molar-refractivity contribution < 1.29 is 9.53 Å². The van der Waals surface area contributed by atoms with Crippen LogP contribution in [0, 0.1) is 0 Å². The second-order valence-corrected chi connectivity index (χ2v) is 3.86. The fourth-order valence-corrected chi connectivity index (χ4v) is 1.91. The fourth-order valence-electron chi connectivity index (χ4n) is 1.91. The number of fused-ring (bicyclic) bond motifs is 1. The van der Waals surface area contributed by atoms with Crippen LogP contribution in [0.4, 0.5) is 4.79 Å². The lowest BCUT2D eigenvalue weighted by Gasteiger charge is -2.28. The Balaban J connectivity index is 1.99. The summed E-state index contributed by atoms with van der Waals surface area (Å²) in [4.78, 5) is 13.5. The molecule has 16 heavy (non-hydrogen) atoms. The predicted molar refractivity (Wildman–Crippen MR) is 61.0 cm³/mol. The first-order valence-electron chi connectivity index (χ1n) is 5.40. The Morgan fingerprint density at radius 1 is 1.44 bits per heavy atom. The summed E-state index contributed by atoms with van der Waals surface area (Å²) in [6.45, 7) is 1.72. The van der Waals surface area contributed by atoms with E-state index >= 15 is 0 Å². The van der Waals surface area contributed by atoms with Crippen molar-refractivity contribution in [1.29, 1.82) is 0 Å². The summed E-state index contributed by atoms with van der Waals surface area (Å²) in [5.41, 5.74) is 2.58. The average molecular weight is 220 g/mol. The maximum absolute atomic E-state index is 11.7. The number of ether oxygens (including phenoxy) is 1. The van der Waals surface area contributed by atoms with E-state index in [9.17, 15) is 4.79 Å². The van der Waals surface area contributed by atoms with Crippen LogP contribution in [0.25, 0.3) is 0 Å². The minimum absolute atomic E-state index is 0.0589. The van der Waals surface area contributed by atoms with E-state index < -0.39 is 0 Å². The lowest BCUT2D eigenvalue weighted by Crippen LogP contribution is -2.43. The fraction of sp³-hybridized carbons (Fsp3) is 0.417. The van der Waals surface area contributed by atoms with Gasteiger partial charge >= 0.3 is 6.03 Å². The maximum Gasteiger partial charge on any atom is 0.319 e. The first kappa shape index (κ1) is 11.0. The molecule has 0 unspecified atom stereocenters. The molecule has 2 amide bonds. The molecule has 0 saturated carbocycles. The van der Waals surface area contributed by atoms with E-state index in [1.165, 1.54) is 11.1 Å². The summed E-state index contributed by atoms with van der Waals surface area (Å²) in [6.07, 6.45) is 0.927. The molecule has 0 saturated heterocycles. The third kappa shape index (κ3) is 2.33. The van der Waals surface area contributed by atoms with E-state index in [4.69, 9.17) is 4.74 Å². The smallest absolute Gasteiger partial charge is 0.319 e. The second kappa shape index (κ2) is 4.99. The molecule has 86 valence electrons. The molecule has 1 aliphatic rings. The van der Waals surface area contributed by atoms with Crippen LogP contribution in [-0.2, 0) is 17.7 Å². The van der Waals surface area contributed by atoms with Crippen molar-refractivity contribution in [2.24, 2.45) is 0 Å². The molecule has 1 aromatic carbocycles. The molecular weight excluding hydrogens is 204 g/mol. The number of hydrogen-bond acceptors (Lipinski definition) is 2. The number of urea groups is 1. The summed E-state index contributed by atoms with van der Waals surface area (Å²) in [5, 5.41) is 2.70. The third-order valence-electron chi connectivity index (χ3n) is 2.79. The van der Waals surface area contributed by atoms with E-state index in [-0.39, 0.29) is 12.8 Å². The molecule has 0 atom stereocenters. The highest BCUT2D eigenvalue weighted by molar-refractivity contribution is 5.74. The van der Waals surface area contributed by atoms with Crippen molar-refractivity contribution in [3.8, 4) is 0 Å². The highest BCUT2D eigenvalue weighted by Crippen LogP contribution is 2.18. The minimum Gasteiger partial charge on any atom is -0.364 e. The molecule has 0 fully saturated rings. The van der Waals surface area contributed by atoms with Crippen molar-refractivity contribution >= 4 is 6.03 Å². The molecule has 4 nitrogen and oxygen atoms in total. The topological polar surface area (TPSA) is 41.6 Å². The number of rotatable bonds is 2. The van der Waals surface area contributed by atoms with Crippen LogP contribution in [0.3, 0.4) is 0 Å². The first-order valence-corrected chi connectivity index (χ1v) is 5.40. The highest BCUT2D eigenvalue weighted by atomic mass is 16.5. The van der Waals surface area contributed by atoms with Crippen LogP contribution in [-0.4, -0.2) is 31.3 Å². The van der Waals surface area contributed by atoms with Gasteiger partial charge in [-0.05, 0) is 17.5 Å². The van der Waals surface area contributed by atoms with E-state index in [2.05, 4.69) is 17.4 Å². The molecule has 2 rings (SSSR count). The summed E-state index contributed by atoms with van der Waals surface area (Å²) >= 11 is 0. The first-order chi connectivity index (χ1) is 7.81. The second-order valence-electron chi connectivity index (χ2n) is 3.86. The molecule has 0 spiro atoms. The number of carbonyl (C=O) groups is 1. The summed E-state index contributed by atoms with van der Waals surface area (Å²) in [5.74, 6) is 0. The number of carbonyl (C=O) groups excluding carboxylic acids is 1. The van der Waals surface area contributed by atoms with Gasteiger partial charge in [-0.3, -0.25) is 0 Å². The summed E-state index contributed by atoms with van der Waals surface area (Å²) in [7, 11) is 1.56. The molecule has 1 heterocycles. The summed E-state index contributed by atoms with van der Waals surface area (Å²) in [6, 6.07) is 8.19. The Labute approximate surface area is 95.2 Å². The number of hydrogen-bond donors (Lipinski definition) is 1. The van der Waals surface area contributed by atoms with Gasteiger partial charge < -0.3 is 15.0 Å². The lowest BCUT2D eigenvalue weighted by atomic mass is 10.0. The van der Waals surface area contributed by atoms with Crippen molar-refractivity contribution in [3.05, 3.63) is 35.4 Å². The highest BCUT2D eigenvalue weighted by Gasteiger charge is 2.19. The van der Waals surface area contributed by atoms with Gasteiger partial charge in [0.05, 0.1) is 0 Å². The number of amides is 2. The zero-order chi connectivity index (χ0) is 11.4. The normalized spacial score (nSPS) is 14.4. The maximum atomic E-state index is 11.7. The molecule has 0 aliphatic carbocycles. The number of nitrogens with zero attached hydrogens (tertiary/aromatic N) is 1. The minimum atomic E-state index is -0.0589. The van der Waals surface area contributed by atoms with Crippen LogP contribution < -0.4 is 5.32 Å². The zero-order valence-corrected chi connectivity index (χ0v) is 9.40. The van der Waals surface area contributed by atoms with Gasteiger partial charge in [0.15, 0.2) is 0 Å². The van der Waals surface area contributed by atoms with Crippen LogP contribution in [0.1, 0.15) is 11.1 Å². The molecule has 1 aliphatic heterocycles. The molecular formula is C12H16N2O2. The lowest BCUT2D eigenvalue weighted by molar-refractivity contribution is 0.150. The summed E-state index contributed by atoms with van der Waals surface area (Å²) < 4.78 is 4.81. The third-order valence-corrected chi connectivity index (χ3v) is 2.79. The van der Waals surface area contributed by atoms with Crippen LogP contribution in [0.2, 0.25) is 0 Å². The van der Waals surface area contributed by atoms with E-state index in [0.29, 0.717) is 6.54 Å². The molecule has 1 N–H and O–H groups in total. The van der Waals surface area contributed by atoms with Gasteiger partial charge in [-0.15, -0.1) is 0 Å². The number of benzene rings is 1. The van der Waals surface area contributed by atoms with Gasteiger partial charge in [0.1, 0.15) is 6.73 Å². The van der Waals surface area contributed by atoms with Crippen molar-refractivity contribution in [3.63, 3.8) is 0 Å². The van der Waals surface area contributed by atoms with Crippen LogP contribution in [0.5, 0.6) is 0 Å². The average Bonchev–Trinajstić information content (AvgIpc) is 2.35. The Hall–Kier alpha value is -1.55. The molecule has 0 aromatic heterocycles. The number of methoxy groups -OCH3 is 1. The Morgan fingerprint density at radius 2 is 2.19 bits per heavy atom. The Kier molecular flexibility index (Phi) is 3.41. The molecule has 1 aromatic rings. The van der Waals surface area contributed by atoms with Crippen LogP contribution in [0.15, 0.2) is 24.3 Å². The molecule has 4 heteroatoms. The zero-order valence-electron chi connectivity index (χ0n) is 9.40. The predicted octanol–water partition coefficient (Wildman–Crippen LogP) is 1.36. The van der Waals surface area contributed by atoms with Gasteiger partial charge in [-0.1, -0.05) is 24.3 Å². The van der Waals surface area contributed by atoms with Crippen molar-refractivity contribution in [2.45, 2.75) is 13.0 Å². The van der Waals surface area contributed by atoms with Crippen molar-refractivity contribution in [1.82, 2.24) is 10.2 Å². The SMILES string of the molecule is COCNC(=O)N1CCc2ccccc2C1. The van der Waals surface area contributed by atoms with E-state index in [1.807, 2.05) is 12.1 Å². The van der Waals surface area contributed by atoms with Crippen LogP contribution >= 0.6 is 0 Å². The van der Waals surface area contributed by atoms with Gasteiger partial charge in [0.2, 0.25) is 0 Å². The van der Waals surface area contributed by atoms with Crippen molar-refractivity contribution in [2.75, 3.05) is 20.4 Å². The molecule has 0 bridgehead atoms. The van der Waals surface area contributed by atoms with Gasteiger partial charge in [-0.25, -0.2) is 4.79 Å². The monoisotopic (exact) mass is 220 g/mol. The quantitative estimate of drug-likeness (QED) is 0.764. The standard InChI is InChI=1S/C12H16N2O2/c1-16-9-13-12(15)14-7-6-10-4-2-3-5-11(10)8-14/h2-5H,6-9H2,1H3,(H,13,15).